The van der Waals surface area contributed by atoms with E-state index in [0.29, 0.717) is 24.3 Å². The molecule has 1 N–H and O–H groups in total. The Morgan fingerprint density at radius 1 is 0.872 bits per heavy atom. The van der Waals surface area contributed by atoms with E-state index in [1.54, 1.807) is 36.4 Å². The van der Waals surface area contributed by atoms with Gasteiger partial charge in [0.2, 0.25) is 11.6 Å². The molecule has 0 spiro atoms. The fourth-order valence-corrected chi connectivity index (χ4v) is 4.80. The van der Waals surface area contributed by atoms with E-state index in [1.807, 2.05) is 37.3 Å². The van der Waals surface area contributed by atoms with Gasteiger partial charge in [0.25, 0.3) is 15.9 Å². The van der Waals surface area contributed by atoms with E-state index in [9.17, 15) is 8.42 Å². The zero-order valence-electron chi connectivity index (χ0n) is 21.2. The molecule has 10 nitrogen and oxygen atoms in total. The Kier molecular flexibility index (Phi) is 11.4. The second-order valence-electron chi connectivity index (χ2n) is 7.94. The first kappa shape index (κ1) is 30.7. The Morgan fingerprint density at radius 3 is 2.18 bits per heavy atom. The summed E-state index contributed by atoms with van der Waals surface area (Å²) in [5.41, 5.74) is 0.755. The second-order valence-corrected chi connectivity index (χ2v) is 9.67. The summed E-state index contributed by atoms with van der Waals surface area (Å²) < 4.78 is 46.9. The van der Waals surface area contributed by atoms with Gasteiger partial charge in [0.1, 0.15) is 0 Å². The van der Waals surface area contributed by atoms with Crippen molar-refractivity contribution in [1.29, 1.82) is 0 Å². The molecule has 0 unspecified atom stereocenters. The van der Waals surface area contributed by atoms with Crippen LogP contribution in [0, 0.1) is 0 Å². The molecule has 4 rings (SSSR count). The summed E-state index contributed by atoms with van der Waals surface area (Å²) in [7, 11) is -1.18. The molecule has 2 heterocycles. The summed E-state index contributed by atoms with van der Waals surface area (Å²) in [6.07, 6.45) is 5.61. The molecule has 198 valence electrons. The second kappa shape index (κ2) is 14.5. The average Bonchev–Trinajstić information content (AvgIpc) is 2.94. The van der Waals surface area contributed by atoms with Crippen molar-refractivity contribution in [1.82, 2.24) is 19.9 Å². The molecule has 0 atom stereocenters. The molecule has 0 radical (unpaired) electrons. The van der Waals surface area contributed by atoms with Crippen LogP contribution in [0.4, 0.5) is 5.82 Å². The Labute approximate surface area is 270 Å². The average molecular weight is 574 g/mol. The minimum atomic E-state index is -4.08. The molecule has 0 fully saturated rings. The van der Waals surface area contributed by atoms with Gasteiger partial charge in [-0.05, 0) is 36.3 Å². The van der Waals surface area contributed by atoms with Crippen LogP contribution in [0.25, 0.3) is 17.7 Å². The Balaban J connectivity index is 0.00000420. The number of allylic oxidation sites excluding steroid dienone is 1. The summed E-state index contributed by atoms with van der Waals surface area (Å²) in [6.45, 7) is 1.91. The van der Waals surface area contributed by atoms with E-state index >= 15 is 0 Å². The van der Waals surface area contributed by atoms with E-state index in [4.69, 9.17) is 14.2 Å². The number of hydrogen-bond acceptors (Lipinski definition) is 9. The number of ether oxygens (including phenoxy) is 3. The number of hydrogen-bond donors (Lipinski definition) is 1. The van der Waals surface area contributed by atoms with Crippen molar-refractivity contribution < 1.29 is 22.6 Å². The monoisotopic (exact) mass is 573 g/mol. The summed E-state index contributed by atoms with van der Waals surface area (Å²) >= 11 is 0. The SMILES string of the molecule is CCCC(=Cc1ccccc1)S(=O)(=O)Nc1nc(-c2ncccn2)nc(OC)c1Oc1ccccc1OC.[KH]. The van der Waals surface area contributed by atoms with Crippen LogP contribution in [0.15, 0.2) is 78.0 Å². The van der Waals surface area contributed by atoms with Crippen molar-refractivity contribution in [3.63, 3.8) is 0 Å². The molecule has 0 saturated heterocycles. The molecule has 0 amide bonds. The topological polar surface area (TPSA) is 125 Å². The summed E-state index contributed by atoms with van der Waals surface area (Å²) in [5.74, 6) is 0.774. The number of para-hydroxylation sites is 2. The number of sulfonamides is 1. The van der Waals surface area contributed by atoms with Crippen LogP contribution >= 0.6 is 0 Å². The van der Waals surface area contributed by atoms with E-state index in [-0.39, 0.29) is 85.4 Å². The van der Waals surface area contributed by atoms with Gasteiger partial charge >= 0.3 is 51.4 Å². The first-order valence-electron chi connectivity index (χ1n) is 11.8. The first-order chi connectivity index (χ1) is 18.4. The van der Waals surface area contributed by atoms with E-state index in [0.717, 1.165) is 5.56 Å². The van der Waals surface area contributed by atoms with Crippen LogP contribution in [0.5, 0.6) is 23.1 Å². The summed E-state index contributed by atoms with van der Waals surface area (Å²) in [4.78, 5) is 17.4. The zero-order valence-corrected chi connectivity index (χ0v) is 22.0. The Bertz CT molecular complexity index is 1520. The van der Waals surface area contributed by atoms with Gasteiger partial charge < -0.3 is 14.2 Å². The molecule has 4 aromatic rings. The summed E-state index contributed by atoms with van der Waals surface area (Å²) in [6, 6.07) is 17.8. The van der Waals surface area contributed by atoms with Gasteiger partial charge in [-0.15, -0.1) is 0 Å². The van der Waals surface area contributed by atoms with Gasteiger partial charge in [0.15, 0.2) is 23.1 Å². The minimum absolute atomic E-state index is 0. The maximum atomic E-state index is 13.7. The predicted octanol–water partition coefficient (Wildman–Crippen LogP) is 4.68. The standard InChI is InChI=1S/C27H27N5O5S.K.H/c1-4-11-20(18-19-12-6-5-7-13-19)38(33,34)32-24-23(37-22-15-9-8-14-21(22)35-2)27(36-3)31-26(30-24)25-28-16-10-17-29-25;;/h5-10,12-18H,4,11H2,1-3H3,(H,30,31,32);;. The molecular formula is C27H28KN5O5S. The predicted molar refractivity (Wildman–Crippen MR) is 152 cm³/mol. The molecule has 0 aliphatic carbocycles. The van der Waals surface area contributed by atoms with Crippen LogP contribution in [0.2, 0.25) is 0 Å². The summed E-state index contributed by atoms with van der Waals surface area (Å²) in [5, 5.41) is 0. The Morgan fingerprint density at radius 2 is 1.54 bits per heavy atom. The first-order valence-corrected chi connectivity index (χ1v) is 13.3. The molecule has 2 aromatic carbocycles. The molecule has 0 aliphatic rings. The van der Waals surface area contributed by atoms with Crippen LogP contribution in [0.3, 0.4) is 0 Å². The fourth-order valence-electron chi connectivity index (χ4n) is 3.52. The Hall–Kier alpha value is -2.87. The fraction of sp³-hybridized carbons (Fsp3) is 0.185. The van der Waals surface area contributed by atoms with Crippen LogP contribution in [-0.2, 0) is 10.0 Å². The number of anilines is 1. The van der Waals surface area contributed by atoms with Gasteiger partial charge in [0.05, 0.1) is 19.1 Å². The molecular weight excluding hydrogens is 545 g/mol. The molecule has 0 saturated carbocycles. The third-order valence-electron chi connectivity index (χ3n) is 5.27. The number of aromatic nitrogens is 4. The van der Waals surface area contributed by atoms with Crippen molar-refractivity contribution in [2.75, 3.05) is 18.9 Å². The number of nitrogens with zero attached hydrogens (tertiary/aromatic N) is 4. The molecule has 12 heteroatoms. The third kappa shape index (κ3) is 7.84. The number of benzene rings is 2. The number of nitrogens with one attached hydrogen (secondary N) is 1. The van der Waals surface area contributed by atoms with Gasteiger partial charge in [-0.1, -0.05) is 55.8 Å². The van der Waals surface area contributed by atoms with E-state index < -0.39 is 10.0 Å². The zero-order chi connectivity index (χ0) is 27.0. The molecule has 0 aliphatic heterocycles. The van der Waals surface area contributed by atoms with Crippen LogP contribution < -0.4 is 18.9 Å². The van der Waals surface area contributed by atoms with Gasteiger partial charge in [-0.2, -0.15) is 4.98 Å². The molecule has 2 aromatic heterocycles. The van der Waals surface area contributed by atoms with Crippen molar-refractivity contribution in [3.8, 4) is 34.8 Å². The number of methoxy groups -OCH3 is 2. The van der Waals surface area contributed by atoms with Crippen LogP contribution in [-0.4, -0.2) is 94.0 Å². The maximum absolute atomic E-state index is 13.7. The number of rotatable bonds is 11. The quantitative estimate of drug-likeness (QED) is 0.255. The molecule has 39 heavy (non-hydrogen) atoms. The van der Waals surface area contributed by atoms with Gasteiger partial charge in [-0.3, -0.25) is 4.72 Å². The van der Waals surface area contributed by atoms with Crippen molar-refractivity contribution in [3.05, 3.63) is 83.5 Å². The van der Waals surface area contributed by atoms with E-state index in [1.165, 1.54) is 26.6 Å². The van der Waals surface area contributed by atoms with Gasteiger partial charge in [-0.25, -0.2) is 23.4 Å². The van der Waals surface area contributed by atoms with Crippen molar-refractivity contribution >= 4 is 73.3 Å². The van der Waals surface area contributed by atoms with Gasteiger partial charge in [0, 0.05) is 12.4 Å². The van der Waals surface area contributed by atoms with Crippen molar-refractivity contribution in [2.45, 2.75) is 19.8 Å². The molecule has 0 bridgehead atoms. The van der Waals surface area contributed by atoms with Crippen molar-refractivity contribution in [2.24, 2.45) is 0 Å². The van der Waals surface area contributed by atoms with E-state index in [2.05, 4.69) is 24.7 Å². The van der Waals surface area contributed by atoms with Crippen LogP contribution in [0.1, 0.15) is 25.3 Å². The normalized spacial score (nSPS) is 11.3. The third-order valence-corrected chi connectivity index (χ3v) is 6.75.